The fourth-order valence-electron chi connectivity index (χ4n) is 3.03. The molecular formula is C21H41ClO2Si. The Balaban J connectivity index is 3.24. The Morgan fingerprint density at radius 2 is 1.24 bits per heavy atom. The molecule has 0 saturated heterocycles. The number of carbonyl (C=O) groups is 1. The number of carbonyl (C=O) groups excluding carboxylic acids is 1. The first kappa shape index (κ1) is 24.7. The highest BCUT2D eigenvalue weighted by atomic mass is 35.6. The number of rotatable bonds is 17. The van der Waals surface area contributed by atoms with E-state index in [1.54, 1.807) is 6.92 Å². The number of halogens is 1. The molecule has 0 amide bonds. The van der Waals surface area contributed by atoms with Crippen LogP contribution >= 0.6 is 11.1 Å². The minimum Gasteiger partial charge on any atom is -0.462 e. The molecule has 0 heterocycles. The highest BCUT2D eigenvalue weighted by molar-refractivity contribution is 7.20. The maximum Gasteiger partial charge on any atom is 0.333 e. The summed E-state index contributed by atoms with van der Waals surface area (Å²) < 4.78 is 5.09. The number of hydrogen-bond acceptors (Lipinski definition) is 2. The Bertz CT molecular complexity index is 354. The summed E-state index contributed by atoms with van der Waals surface area (Å²) in [5.74, 6) is -0.261. The summed E-state index contributed by atoms with van der Waals surface area (Å²) in [6.45, 7) is 10.3. The predicted molar refractivity (Wildman–Crippen MR) is 114 cm³/mol. The smallest absolute Gasteiger partial charge is 0.333 e. The summed E-state index contributed by atoms with van der Waals surface area (Å²) in [4.78, 5) is 11.2. The summed E-state index contributed by atoms with van der Waals surface area (Å²) in [6, 6.07) is 3.76. The lowest BCUT2D eigenvalue weighted by Crippen LogP contribution is -2.23. The van der Waals surface area contributed by atoms with Crippen LogP contribution in [0.5, 0.6) is 0 Å². The molecule has 0 aromatic rings. The van der Waals surface area contributed by atoms with Gasteiger partial charge in [0.25, 0.3) is 0 Å². The van der Waals surface area contributed by atoms with Crippen molar-refractivity contribution < 1.29 is 9.53 Å². The Hall–Kier alpha value is -0.283. The second-order valence-corrected chi connectivity index (χ2v) is 14.0. The van der Waals surface area contributed by atoms with Gasteiger partial charge >= 0.3 is 5.97 Å². The van der Waals surface area contributed by atoms with E-state index in [0.29, 0.717) is 12.2 Å². The van der Waals surface area contributed by atoms with Crippen LogP contribution in [-0.4, -0.2) is 20.0 Å². The minimum absolute atomic E-state index is 0.261. The third kappa shape index (κ3) is 14.6. The summed E-state index contributed by atoms with van der Waals surface area (Å²) in [5, 5.41) is 0. The molecule has 0 N–H and O–H groups in total. The Labute approximate surface area is 162 Å². The third-order valence-corrected chi connectivity index (χ3v) is 11.1. The first-order valence-electron chi connectivity index (χ1n) is 10.5. The average molecular weight is 389 g/mol. The normalized spacial score (nSPS) is 11.5. The molecule has 25 heavy (non-hydrogen) atoms. The molecule has 0 rings (SSSR count). The van der Waals surface area contributed by atoms with Gasteiger partial charge in [0.05, 0.1) is 6.61 Å². The van der Waals surface area contributed by atoms with Crippen molar-refractivity contribution >= 4 is 24.4 Å². The monoisotopic (exact) mass is 388 g/mol. The van der Waals surface area contributed by atoms with Gasteiger partial charge < -0.3 is 4.74 Å². The zero-order valence-electron chi connectivity index (χ0n) is 17.0. The van der Waals surface area contributed by atoms with Gasteiger partial charge in [-0.3, -0.25) is 0 Å². The van der Waals surface area contributed by atoms with Gasteiger partial charge in [-0.25, -0.2) is 4.79 Å². The third-order valence-electron chi connectivity index (χ3n) is 5.12. The highest BCUT2D eigenvalue weighted by Crippen LogP contribution is 2.27. The fraction of sp³-hybridized carbons (Fsp3) is 0.857. The van der Waals surface area contributed by atoms with Gasteiger partial charge in [0, 0.05) is 5.57 Å². The zero-order valence-corrected chi connectivity index (χ0v) is 18.8. The van der Waals surface area contributed by atoms with E-state index in [1.165, 1.54) is 75.9 Å². The van der Waals surface area contributed by atoms with Crippen LogP contribution in [0.15, 0.2) is 12.2 Å². The molecule has 0 aliphatic heterocycles. The molecule has 0 bridgehead atoms. The van der Waals surface area contributed by atoms with Crippen LogP contribution in [0.4, 0.5) is 0 Å². The number of hydrogen-bond donors (Lipinski definition) is 0. The zero-order chi connectivity index (χ0) is 19.0. The molecule has 0 aromatic heterocycles. The van der Waals surface area contributed by atoms with E-state index in [2.05, 4.69) is 20.4 Å². The van der Waals surface area contributed by atoms with Gasteiger partial charge in [0.1, 0.15) is 0 Å². The van der Waals surface area contributed by atoms with Crippen LogP contribution in [0.1, 0.15) is 91.4 Å². The second-order valence-electron chi connectivity index (χ2n) is 7.41. The van der Waals surface area contributed by atoms with Crippen molar-refractivity contribution in [3.05, 3.63) is 12.2 Å². The molecule has 0 atom stereocenters. The van der Waals surface area contributed by atoms with Crippen molar-refractivity contribution in [3.8, 4) is 0 Å². The molecule has 0 saturated carbocycles. The molecule has 4 heteroatoms. The molecule has 0 fully saturated rings. The Morgan fingerprint density at radius 3 is 1.64 bits per heavy atom. The topological polar surface area (TPSA) is 26.3 Å². The van der Waals surface area contributed by atoms with Crippen molar-refractivity contribution in [3.63, 3.8) is 0 Å². The van der Waals surface area contributed by atoms with Crippen molar-refractivity contribution in [1.29, 1.82) is 0 Å². The molecule has 148 valence electrons. The first-order chi connectivity index (χ1) is 11.9. The number of esters is 1. The molecule has 0 unspecified atom stereocenters. The SMILES string of the molecule is C=C(C)C(=O)OCCCCCCCCCCCCC[Si](Cl)(CC)CC. The van der Waals surface area contributed by atoms with E-state index in [4.69, 9.17) is 15.8 Å². The summed E-state index contributed by atoms with van der Waals surface area (Å²) in [6.07, 6.45) is 14.2. The van der Waals surface area contributed by atoms with Crippen LogP contribution in [0.3, 0.4) is 0 Å². The van der Waals surface area contributed by atoms with E-state index >= 15 is 0 Å². The van der Waals surface area contributed by atoms with Crippen molar-refractivity contribution in [2.24, 2.45) is 0 Å². The summed E-state index contributed by atoms with van der Waals surface area (Å²) in [5.41, 5.74) is 0.486. The Kier molecular flexibility index (Phi) is 15.8. The van der Waals surface area contributed by atoms with E-state index < -0.39 is 7.38 Å². The Morgan fingerprint density at radius 1 is 0.840 bits per heavy atom. The van der Waals surface area contributed by atoms with Gasteiger partial charge in [-0.2, -0.15) is 11.1 Å². The maximum absolute atomic E-state index is 11.2. The molecular weight excluding hydrogens is 348 g/mol. The van der Waals surface area contributed by atoms with Crippen molar-refractivity contribution in [1.82, 2.24) is 0 Å². The standard InChI is InChI=1S/C21H41ClO2Si/c1-5-25(22,6-2)19-17-15-13-11-9-7-8-10-12-14-16-18-24-21(23)20(3)4/h3,5-19H2,1-2,4H3. The average Bonchev–Trinajstić information content (AvgIpc) is 2.61. The van der Waals surface area contributed by atoms with E-state index in [-0.39, 0.29) is 5.97 Å². The van der Waals surface area contributed by atoms with Crippen LogP contribution in [0, 0.1) is 0 Å². The maximum atomic E-state index is 11.2. The van der Waals surface area contributed by atoms with E-state index in [1.807, 2.05) is 0 Å². The lowest BCUT2D eigenvalue weighted by molar-refractivity contribution is -0.139. The van der Waals surface area contributed by atoms with Crippen LogP contribution in [0.25, 0.3) is 0 Å². The predicted octanol–water partition coefficient (Wildman–Crippen LogP) is 7.62. The molecule has 0 aromatic carbocycles. The van der Waals surface area contributed by atoms with Gasteiger partial charge in [-0.1, -0.05) is 84.6 Å². The molecule has 0 spiro atoms. The van der Waals surface area contributed by atoms with Crippen molar-refractivity contribution in [2.45, 2.75) is 110 Å². The molecule has 0 aliphatic rings. The van der Waals surface area contributed by atoms with Crippen LogP contribution < -0.4 is 0 Å². The van der Waals surface area contributed by atoms with Gasteiger partial charge in [-0.05, 0) is 31.5 Å². The number of ether oxygens (including phenoxy) is 1. The second kappa shape index (κ2) is 15.9. The van der Waals surface area contributed by atoms with E-state index in [0.717, 1.165) is 12.8 Å². The van der Waals surface area contributed by atoms with Gasteiger partial charge in [0.2, 0.25) is 0 Å². The lowest BCUT2D eigenvalue weighted by atomic mass is 10.1. The number of unbranched alkanes of at least 4 members (excludes halogenated alkanes) is 10. The van der Waals surface area contributed by atoms with E-state index in [9.17, 15) is 4.79 Å². The van der Waals surface area contributed by atoms with Crippen molar-refractivity contribution in [2.75, 3.05) is 6.61 Å². The summed E-state index contributed by atoms with van der Waals surface area (Å²) in [7, 11) is -1.37. The van der Waals surface area contributed by atoms with Crippen LogP contribution in [0.2, 0.25) is 18.1 Å². The molecule has 2 nitrogen and oxygen atoms in total. The first-order valence-corrected chi connectivity index (χ1v) is 14.1. The van der Waals surface area contributed by atoms with Gasteiger partial charge in [-0.15, -0.1) is 0 Å². The van der Waals surface area contributed by atoms with Crippen LogP contribution in [-0.2, 0) is 9.53 Å². The fourth-order valence-corrected chi connectivity index (χ4v) is 5.52. The summed E-state index contributed by atoms with van der Waals surface area (Å²) >= 11 is 6.69. The minimum atomic E-state index is -1.37. The lowest BCUT2D eigenvalue weighted by Gasteiger charge is -2.20. The largest absolute Gasteiger partial charge is 0.462 e. The molecule has 0 radical (unpaired) electrons. The quantitative estimate of drug-likeness (QED) is 0.0841. The van der Waals surface area contributed by atoms with Gasteiger partial charge in [0.15, 0.2) is 7.38 Å². The molecule has 0 aliphatic carbocycles. The highest BCUT2D eigenvalue weighted by Gasteiger charge is 2.24.